The van der Waals surface area contributed by atoms with Crippen LogP contribution in [0.15, 0.2) is 108 Å². The molecule has 0 fully saturated rings. The number of nitrogens with one attached hydrogen (secondary N) is 1. The second-order valence-corrected chi connectivity index (χ2v) is 11.7. The summed E-state index contributed by atoms with van der Waals surface area (Å²) in [5.41, 5.74) is 9.76. The van der Waals surface area contributed by atoms with E-state index in [0.29, 0.717) is 0 Å². The van der Waals surface area contributed by atoms with E-state index in [2.05, 4.69) is 113 Å². The highest BCUT2D eigenvalue weighted by molar-refractivity contribution is 9.08. The molecule has 0 aliphatic carbocycles. The van der Waals surface area contributed by atoms with Gasteiger partial charge >= 0.3 is 0 Å². The van der Waals surface area contributed by atoms with Gasteiger partial charge in [-0.1, -0.05) is 76.2 Å². The van der Waals surface area contributed by atoms with E-state index in [1.165, 1.54) is 43.4 Å². The quantitative estimate of drug-likeness (QED) is 0.219. The van der Waals surface area contributed by atoms with Crippen molar-refractivity contribution in [3.8, 4) is 22.6 Å². The van der Waals surface area contributed by atoms with Crippen LogP contribution >= 0.6 is 27.7 Å². The van der Waals surface area contributed by atoms with Crippen LogP contribution in [-0.4, -0.2) is 26.6 Å². The highest BCUT2D eigenvalue weighted by Crippen LogP contribution is 2.43. The van der Waals surface area contributed by atoms with Gasteiger partial charge in [-0.05, 0) is 64.7 Å². The highest BCUT2D eigenvalue weighted by Gasteiger charge is 2.33. The van der Waals surface area contributed by atoms with Crippen molar-refractivity contribution in [2.75, 3.05) is 26.2 Å². The number of para-hydroxylation sites is 1. The number of rotatable bonds is 7. The molecule has 0 saturated heterocycles. The lowest BCUT2D eigenvalue weighted by atomic mass is 9.98. The maximum absolute atomic E-state index is 5.68. The van der Waals surface area contributed by atoms with Crippen LogP contribution in [0, 0.1) is 0 Å². The highest BCUT2D eigenvalue weighted by atomic mass is 79.9. The molecule has 2 aliphatic rings. The molecule has 4 aromatic carbocycles. The summed E-state index contributed by atoms with van der Waals surface area (Å²) in [6, 6.07) is 30.2. The zero-order chi connectivity index (χ0) is 27.6. The number of thioether (sulfide) groups is 1. The Balaban J connectivity index is 1.28. The molecule has 2 aliphatic heterocycles. The van der Waals surface area contributed by atoms with E-state index >= 15 is 0 Å². The smallest absolute Gasteiger partial charge is 0.163 e. The van der Waals surface area contributed by atoms with E-state index in [-0.39, 0.29) is 5.37 Å². The van der Waals surface area contributed by atoms with E-state index in [1.807, 2.05) is 30.0 Å². The van der Waals surface area contributed by atoms with Crippen molar-refractivity contribution >= 4 is 44.6 Å². The normalized spacial score (nSPS) is 18.5. The molecule has 0 spiro atoms. The molecule has 4 aromatic rings. The first kappa shape index (κ1) is 26.8. The molecule has 0 aromatic heterocycles. The number of quaternary nitrogens is 1. The lowest BCUT2D eigenvalue weighted by Crippen LogP contribution is -3.05. The Morgan fingerprint density at radius 3 is 2.35 bits per heavy atom. The topological polar surface area (TPSA) is 26.1 Å². The van der Waals surface area contributed by atoms with Gasteiger partial charge in [0.2, 0.25) is 0 Å². The predicted molar refractivity (Wildman–Crippen MR) is 170 cm³/mol. The lowest BCUT2D eigenvalue weighted by Gasteiger charge is -2.28. The van der Waals surface area contributed by atoms with Gasteiger partial charge in [0, 0.05) is 35.4 Å². The number of hydrogen-bond acceptors (Lipinski definition) is 4. The van der Waals surface area contributed by atoms with Crippen LogP contribution in [0.1, 0.15) is 16.7 Å². The molecule has 4 nitrogen and oxygen atoms in total. The van der Waals surface area contributed by atoms with Crippen LogP contribution in [0.5, 0.6) is 11.5 Å². The number of hydrogen-bond donors (Lipinski definition) is 1. The maximum Gasteiger partial charge on any atom is 0.163 e. The monoisotopic (exact) mass is 611 g/mol. The van der Waals surface area contributed by atoms with Crippen LogP contribution < -0.4 is 19.3 Å². The average molecular weight is 613 g/mol. The summed E-state index contributed by atoms with van der Waals surface area (Å²) < 4.78 is 11.4. The lowest BCUT2D eigenvalue weighted by molar-refractivity contribution is -0.812. The largest absolute Gasteiger partial charge is 0.496 e. The van der Waals surface area contributed by atoms with Gasteiger partial charge in [0.15, 0.2) is 5.37 Å². The summed E-state index contributed by atoms with van der Waals surface area (Å²) >= 11 is 5.45. The van der Waals surface area contributed by atoms with Gasteiger partial charge < -0.3 is 14.4 Å². The van der Waals surface area contributed by atoms with Crippen molar-refractivity contribution in [2.24, 2.45) is 0 Å². The van der Waals surface area contributed by atoms with Crippen LogP contribution in [0.3, 0.4) is 0 Å². The van der Waals surface area contributed by atoms with Crippen LogP contribution in [0.2, 0.25) is 0 Å². The Kier molecular flexibility index (Phi) is 7.74. The minimum Gasteiger partial charge on any atom is -0.496 e. The number of anilines is 1. The van der Waals surface area contributed by atoms with Gasteiger partial charge in [0.05, 0.1) is 31.7 Å². The zero-order valence-corrected chi connectivity index (χ0v) is 25.3. The molecule has 0 radical (unpaired) electrons. The molecule has 2 heterocycles. The summed E-state index contributed by atoms with van der Waals surface area (Å²) in [5, 5.41) is 1.14. The fourth-order valence-corrected chi connectivity index (χ4v) is 7.18. The maximum atomic E-state index is 5.68. The van der Waals surface area contributed by atoms with E-state index < -0.39 is 0 Å². The van der Waals surface area contributed by atoms with E-state index in [4.69, 9.17) is 9.47 Å². The van der Waals surface area contributed by atoms with Gasteiger partial charge in [-0.2, -0.15) is 0 Å². The van der Waals surface area contributed by atoms with Crippen molar-refractivity contribution in [3.05, 3.63) is 120 Å². The number of ether oxygens (including phenoxy) is 2. The number of allylic oxidation sites excluding steroid dienone is 2. The minimum atomic E-state index is 0.265. The van der Waals surface area contributed by atoms with Gasteiger partial charge in [-0.3, -0.25) is 4.90 Å². The van der Waals surface area contributed by atoms with Crippen LogP contribution in [-0.2, 0) is 11.9 Å². The standard InChI is InChI=1S/C34H31BrN2O2S/c1-36-29-16-15-26(34-30(38-2)9-6-10-31(34)39-3)19-32(29)40-33(36)20-25-17-18-37(28-8-5-4-7-27(25)28)22-24-13-11-23(21-35)12-14-24/h4-20,33H,21-22H2,1-3H3/p+1. The molecule has 40 heavy (non-hydrogen) atoms. The molecule has 1 N–H and O–H groups in total. The number of likely N-dealkylation sites (N-methyl/N-ethyl adjacent to an activating group) is 1. The van der Waals surface area contributed by atoms with Gasteiger partial charge in [0.1, 0.15) is 17.2 Å². The Bertz CT molecular complexity index is 1580. The Morgan fingerprint density at radius 2 is 1.62 bits per heavy atom. The Morgan fingerprint density at radius 1 is 0.900 bits per heavy atom. The van der Waals surface area contributed by atoms with Crippen molar-refractivity contribution < 1.29 is 14.4 Å². The van der Waals surface area contributed by atoms with E-state index in [9.17, 15) is 0 Å². The van der Waals surface area contributed by atoms with Crippen molar-refractivity contribution in [1.82, 2.24) is 0 Å². The third-order valence-corrected chi connectivity index (χ3v) is 9.61. The fraction of sp³-hybridized carbons (Fsp3) is 0.176. The van der Waals surface area contributed by atoms with E-state index in [0.717, 1.165) is 34.5 Å². The van der Waals surface area contributed by atoms with Crippen LogP contribution in [0.4, 0.5) is 11.4 Å². The molecule has 6 rings (SSSR count). The number of halogens is 1. The second-order valence-electron chi connectivity index (χ2n) is 10.0. The molecular formula is C34H32BrN2O2S+. The number of fused-ring (bicyclic) bond motifs is 2. The van der Waals surface area contributed by atoms with Crippen molar-refractivity contribution in [1.29, 1.82) is 0 Å². The average Bonchev–Trinajstić information content (AvgIpc) is 3.32. The summed E-state index contributed by atoms with van der Waals surface area (Å²) in [6.07, 6.45) is 6.90. The summed E-state index contributed by atoms with van der Waals surface area (Å²) in [5.74, 6) is 1.63. The first-order chi connectivity index (χ1) is 19.6. The molecular weight excluding hydrogens is 580 g/mol. The molecule has 6 heteroatoms. The van der Waals surface area contributed by atoms with Gasteiger partial charge in [-0.25, -0.2) is 0 Å². The molecule has 2 unspecified atom stereocenters. The Labute approximate surface area is 249 Å². The molecule has 202 valence electrons. The van der Waals surface area contributed by atoms with Crippen LogP contribution in [0.25, 0.3) is 16.7 Å². The number of alkyl halides is 1. The van der Waals surface area contributed by atoms with Gasteiger partial charge in [-0.15, -0.1) is 0 Å². The number of benzene rings is 4. The Hall–Kier alpha value is -3.45. The second kappa shape index (κ2) is 11.6. The van der Waals surface area contributed by atoms with Gasteiger partial charge in [0.25, 0.3) is 0 Å². The third kappa shape index (κ3) is 5.07. The first-order valence-corrected chi connectivity index (χ1v) is 15.4. The molecule has 0 amide bonds. The molecule has 0 saturated carbocycles. The molecule has 0 bridgehead atoms. The van der Waals surface area contributed by atoms with E-state index in [1.54, 1.807) is 14.2 Å². The summed E-state index contributed by atoms with van der Waals surface area (Å²) in [6.45, 7) is 0.841. The minimum absolute atomic E-state index is 0.265. The SMILES string of the molecule is COc1cccc(OC)c1-c1ccc2c(c1)SC(C=C1C=CN(Cc3ccc(CBr)cc3)c3ccccc31)[NH+]2C. The molecule has 2 atom stereocenters. The number of methoxy groups -OCH3 is 2. The fourth-order valence-electron chi connectivity index (χ4n) is 5.46. The first-order valence-electron chi connectivity index (χ1n) is 13.4. The third-order valence-electron chi connectivity index (χ3n) is 7.62. The zero-order valence-electron chi connectivity index (χ0n) is 22.9. The summed E-state index contributed by atoms with van der Waals surface area (Å²) in [7, 11) is 5.67. The van der Waals surface area contributed by atoms with Crippen molar-refractivity contribution in [2.45, 2.75) is 22.1 Å². The van der Waals surface area contributed by atoms with Crippen molar-refractivity contribution in [3.63, 3.8) is 0 Å². The number of nitrogens with zero attached hydrogens (tertiary/aromatic N) is 1. The predicted octanol–water partition coefficient (Wildman–Crippen LogP) is 7.46. The summed E-state index contributed by atoms with van der Waals surface area (Å²) in [4.78, 5) is 5.01.